The first kappa shape index (κ1) is 14.0. The van der Waals surface area contributed by atoms with Gasteiger partial charge < -0.3 is 4.74 Å². The zero-order chi connectivity index (χ0) is 13.7. The van der Waals surface area contributed by atoms with Gasteiger partial charge in [0.05, 0.1) is 18.1 Å². The molecule has 6 heteroatoms. The smallest absolute Gasteiger partial charge is 0.275 e. The second kappa shape index (κ2) is 6.68. The first-order valence-corrected chi connectivity index (χ1v) is 6.80. The van der Waals surface area contributed by atoms with E-state index in [0.29, 0.717) is 23.1 Å². The first-order chi connectivity index (χ1) is 9.19. The summed E-state index contributed by atoms with van der Waals surface area (Å²) in [6.07, 6.45) is 0. The number of hydrazine groups is 1. The number of halogens is 1. The zero-order valence-corrected chi connectivity index (χ0v) is 11.6. The summed E-state index contributed by atoms with van der Waals surface area (Å²) in [5, 5.41) is 0.694. The predicted octanol–water partition coefficient (Wildman–Crippen LogP) is 2.72. The van der Waals surface area contributed by atoms with E-state index in [1.165, 1.54) is 11.3 Å². The number of hydrogen-bond acceptors (Lipinski definition) is 4. The van der Waals surface area contributed by atoms with Crippen molar-refractivity contribution in [2.24, 2.45) is 5.84 Å². The highest BCUT2D eigenvalue weighted by molar-refractivity contribution is 7.14. The van der Waals surface area contributed by atoms with Crippen LogP contribution in [0.15, 0.2) is 36.4 Å². The number of thiophene rings is 1. The number of rotatable bonds is 5. The van der Waals surface area contributed by atoms with Gasteiger partial charge in [0, 0.05) is 9.90 Å². The van der Waals surface area contributed by atoms with Gasteiger partial charge in [0.15, 0.2) is 0 Å². The van der Waals surface area contributed by atoms with Gasteiger partial charge in [0.1, 0.15) is 0 Å². The monoisotopic (exact) mass is 296 g/mol. The van der Waals surface area contributed by atoms with Crippen LogP contribution in [0.5, 0.6) is 0 Å². The Balaban J connectivity index is 1.86. The number of carbonyl (C=O) groups excluding carboxylic acids is 1. The SMILES string of the molecule is NNC(=O)c1ccc(COCc2cccc(Cl)c2)s1. The minimum Gasteiger partial charge on any atom is -0.371 e. The fourth-order valence-corrected chi connectivity index (χ4v) is 2.61. The molecule has 1 amide bonds. The summed E-state index contributed by atoms with van der Waals surface area (Å²) in [5.74, 6) is 4.78. The molecule has 0 saturated carbocycles. The van der Waals surface area contributed by atoms with Crippen molar-refractivity contribution >= 4 is 28.8 Å². The van der Waals surface area contributed by atoms with Crippen molar-refractivity contribution in [3.63, 3.8) is 0 Å². The van der Waals surface area contributed by atoms with E-state index in [1.54, 1.807) is 6.07 Å². The molecule has 1 heterocycles. The Kier molecular flexibility index (Phi) is 4.93. The maximum atomic E-state index is 11.3. The molecule has 0 aliphatic heterocycles. The van der Waals surface area contributed by atoms with Crippen molar-refractivity contribution in [1.82, 2.24) is 5.43 Å². The van der Waals surface area contributed by atoms with Crippen LogP contribution >= 0.6 is 22.9 Å². The molecule has 0 unspecified atom stereocenters. The van der Waals surface area contributed by atoms with Gasteiger partial charge in [-0.3, -0.25) is 10.2 Å². The van der Waals surface area contributed by atoms with Gasteiger partial charge in [-0.1, -0.05) is 23.7 Å². The van der Waals surface area contributed by atoms with Crippen LogP contribution in [0.4, 0.5) is 0 Å². The quantitative estimate of drug-likeness (QED) is 0.506. The molecule has 0 aliphatic carbocycles. The number of nitrogen functional groups attached to an aromatic ring is 1. The molecule has 1 aromatic carbocycles. The fraction of sp³-hybridized carbons (Fsp3) is 0.154. The lowest BCUT2D eigenvalue weighted by molar-refractivity contribution is 0.0957. The van der Waals surface area contributed by atoms with Crippen molar-refractivity contribution in [3.8, 4) is 0 Å². The largest absolute Gasteiger partial charge is 0.371 e. The molecule has 2 rings (SSSR count). The third-order valence-electron chi connectivity index (χ3n) is 2.42. The Morgan fingerprint density at radius 3 is 2.89 bits per heavy atom. The van der Waals surface area contributed by atoms with Gasteiger partial charge >= 0.3 is 0 Å². The molecule has 0 bridgehead atoms. The molecule has 0 fully saturated rings. The Labute approximate surface area is 120 Å². The third kappa shape index (κ3) is 4.04. The van der Waals surface area contributed by atoms with E-state index in [2.05, 4.69) is 5.43 Å². The standard InChI is InChI=1S/C13H13ClN2O2S/c14-10-3-1-2-9(6-10)7-18-8-11-4-5-12(19-11)13(17)16-15/h1-6H,7-8,15H2,(H,16,17). The Bertz CT molecular complexity index is 571. The molecular formula is C13H13ClN2O2S. The van der Waals surface area contributed by atoms with Gasteiger partial charge in [0.2, 0.25) is 0 Å². The van der Waals surface area contributed by atoms with Gasteiger partial charge in [-0.05, 0) is 29.8 Å². The van der Waals surface area contributed by atoms with Crippen LogP contribution in [0.2, 0.25) is 5.02 Å². The van der Waals surface area contributed by atoms with Crippen molar-refractivity contribution in [1.29, 1.82) is 0 Å². The summed E-state index contributed by atoms with van der Waals surface area (Å²) in [7, 11) is 0. The number of nitrogens with two attached hydrogens (primary N) is 1. The maximum absolute atomic E-state index is 11.3. The minimum absolute atomic E-state index is 0.286. The number of ether oxygens (including phenoxy) is 1. The number of benzene rings is 1. The van der Waals surface area contributed by atoms with Gasteiger partial charge in [-0.2, -0.15) is 0 Å². The zero-order valence-electron chi connectivity index (χ0n) is 10.1. The Morgan fingerprint density at radius 1 is 1.32 bits per heavy atom. The van der Waals surface area contributed by atoms with Crippen LogP contribution < -0.4 is 11.3 Å². The van der Waals surface area contributed by atoms with Gasteiger partial charge in [-0.25, -0.2) is 5.84 Å². The van der Waals surface area contributed by atoms with E-state index in [9.17, 15) is 4.79 Å². The average Bonchev–Trinajstić information content (AvgIpc) is 2.87. The van der Waals surface area contributed by atoms with Crippen LogP contribution in [0.25, 0.3) is 0 Å². The summed E-state index contributed by atoms with van der Waals surface area (Å²) in [6.45, 7) is 0.936. The lowest BCUT2D eigenvalue weighted by Crippen LogP contribution is -2.29. The number of carbonyl (C=O) groups is 1. The fourth-order valence-electron chi connectivity index (χ4n) is 1.54. The van der Waals surface area contributed by atoms with Crippen LogP contribution in [0, 0.1) is 0 Å². The molecule has 0 saturated heterocycles. The molecule has 0 spiro atoms. The van der Waals surface area contributed by atoms with Crippen molar-refractivity contribution in [2.75, 3.05) is 0 Å². The van der Waals surface area contributed by atoms with E-state index < -0.39 is 0 Å². The van der Waals surface area contributed by atoms with Crippen molar-refractivity contribution < 1.29 is 9.53 Å². The normalized spacial score (nSPS) is 10.4. The molecule has 0 aliphatic rings. The minimum atomic E-state index is -0.286. The number of nitrogens with one attached hydrogen (secondary N) is 1. The van der Waals surface area contributed by atoms with E-state index in [0.717, 1.165) is 10.4 Å². The Morgan fingerprint density at radius 2 is 2.16 bits per heavy atom. The molecule has 19 heavy (non-hydrogen) atoms. The molecule has 4 nitrogen and oxygen atoms in total. The average molecular weight is 297 g/mol. The summed E-state index contributed by atoms with van der Waals surface area (Å²) in [5.41, 5.74) is 3.12. The highest BCUT2D eigenvalue weighted by Gasteiger charge is 2.07. The van der Waals surface area contributed by atoms with Crippen LogP contribution in [-0.2, 0) is 18.0 Å². The van der Waals surface area contributed by atoms with Crippen LogP contribution in [0.3, 0.4) is 0 Å². The first-order valence-electron chi connectivity index (χ1n) is 5.61. The summed E-state index contributed by atoms with van der Waals surface area (Å²) in [6, 6.07) is 11.1. The summed E-state index contributed by atoms with van der Waals surface area (Å²) < 4.78 is 5.58. The number of amides is 1. The molecule has 0 atom stereocenters. The highest BCUT2D eigenvalue weighted by Crippen LogP contribution is 2.18. The van der Waals surface area contributed by atoms with E-state index >= 15 is 0 Å². The molecule has 2 aromatic rings. The molecule has 3 N–H and O–H groups in total. The van der Waals surface area contributed by atoms with Crippen molar-refractivity contribution in [3.05, 3.63) is 56.7 Å². The number of hydrogen-bond donors (Lipinski definition) is 2. The van der Waals surface area contributed by atoms with E-state index in [-0.39, 0.29) is 5.91 Å². The highest BCUT2D eigenvalue weighted by atomic mass is 35.5. The second-order valence-electron chi connectivity index (χ2n) is 3.86. The maximum Gasteiger partial charge on any atom is 0.275 e. The van der Waals surface area contributed by atoms with Gasteiger partial charge in [-0.15, -0.1) is 11.3 Å². The molecule has 0 radical (unpaired) electrons. The van der Waals surface area contributed by atoms with E-state index in [4.69, 9.17) is 22.2 Å². The van der Waals surface area contributed by atoms with Gasteiger partial charge in [0.25, 0.3) is 5.91 Å². The van der Waals surface area contributed by atoms with Crippen LogP contribution in [-0.4, -0.2) is 5.91 Å². The van der Waals surface area contributed by atoms with Crippen molar-refractivity contribution in [2.45, 2.75) is 13.2 Å². The molecule has 100 valence electrons. The predicted molar refractivity (Wildman–Crippen MR) is 75.9 cm³/mol. The van der Waals surface area contributed by atoms with Crippen LogP contribution in [0.1, 0.15) is 20.1 Å². The Hall–Kier alpha value is -1.40. The van der Waals surface area contributed by atoms with E-state index in [1.807, 2.05) is 30.3 Å². The second-order valence-corrected chi connectivity index (χ2v) is 5.47. The lowest BCUT2D eigenvalue weighted by Gasteiger charge is -2.03. The molecule has 1 aromatic heterocycles. The lowest BCUT2D eigenvalue weighted by atomic mass is 10.2. The summed E-state index contributed by atoms with van der Waals surface area (Å²) >= 11 is 7.25. The topological polar surface area (TPSA) is 64.3 Å². The third-order valence-corrected chi connectivity index (χ3v) is 3.71. The molecular weight excluding hydrogens is 284 g/mol. The summed E-state index contributed by atoms with van der Waals surface area (Å²) in [4.78, 5) is 12.8.